The Balaban J connectivity index is 2.09. The molecular formula is C16H24Cl2NO4P. The number of rotatable bonds is 13. The van der Waals surface area contributed by atoms with Crippen LogP contribution in [0, 0.1) is 10.1 Å². The van der Waals surface area contributed by atoms with Crippen LogP contribution >= 0.6 is 30.3 Å². The molecule has 1 aromatic carbocycles. The topological polar surface area (TPSA) is 69.4 Å². The summed E-state index contributed by atoms with van der Waals surface area (Å²) in [4.78, 5) is 10.4. The van der Waals surface area contributed by atoms with Gasteiger partial charge in [0.2, 0.25) is 0 Å². The lowest BCUT2D eigenvalue weighted by atomic mass is 10.1. The van der Waals surface area contributed by atoms with Crippen LogP contribution in [0.4, 0.5) is 5.69 Å². The van der Waals surface area contributed by atoms with Gasteiger partial charge in [-0.05, 0) is 18.9 Å². The Hall–Kier alpha value is -0.770. The van der Waals surface area contributed by atoms with Gasteiger partial charge in [0.1, 0.15) is 7.14 Å². The average Bonchev–Trinajstić information content (AvgIpc) is 2.60. The zero-order valence-electron chi connectivity index (χ0n) is 13.7. The Labute approximate surface area is 153 Å². The van der Waals surface area contributed by atoms with Gasteiger partial charge in [-0.3, -0.25) is 10.1 Å². The fourth-order valence-electron chi connectivity index (χ4n) is 2.27. The number of unbranched alkanes of at least 4 members (excludes halogenated alkanes) is 5. The standard InChI is InChI=1S/C16H24Cl2NO4P/c17-13-24(22,14-18)12-8-4-2-1-3-7-11-23-16-10-6-5-9-15(16)19(20)21/h5-6,9-10H,1-4,7-8,11-14H2. The quantitative estimate of drug-likeness (QED) is 0.133. The Morgan fingerprint density at radius 1 is 1.00 bits per heavy atom. The summed E-state index contributed by atoms with van der Waals surface area (Å²) in [5.41, 5.74) is 0.333. The van der Waals surface area contributed by atoms with Crippen molar-refractivity contribution in [2.24, 2.45) is 0 Å². The molecule has 0 aliphatic carbocycles. The summed E-state index contributed by atoms with van der Waals surface area (Å²) in [6.07, 6.45) is 6.52. The van der Waals surface area contributed by atoms with Crippen molar-refractivity contribution in [3.8, 4) is 5.75 Å². The highest BCUT2D eigenvalue weighted by Gasteiger charge is 2.18. The van der Waals surface area contributed by atoms with Crippen LogP contribution in [0.15, 0.2) is 24.3 Å². The molecule has 0 saturated heterocycles. The molecule has 0 N–H and O–H groups in total. The Morgan fingerprint density at radius 3 is 2.21 bits per heavy atom. The van der Waals surface area contributed by atoms with Gasteiger partial charge >= 0.3 is 5.69 Å². The molecule has 0 aliphatic heterocycles. The van der Waals surface area contributed by atoms with E-state index in [2.05, 4.69) is 0 Å². The molecule has 0 fully saturated rings. The first kappa shape index (κ1) is 21.3. The van der Waals surface area contributed by atoms with Crippen molar-refractivity contribution in [1.29, 1.82) is 0 Å². The summed E-state index contributed by atoms with van der Waals surface area (Å²) >= 11 is 11.4. The Bertz CT molecular complexity index is 549. The zero-order chi connectivity index (χ0) is 17.8. The summed E-state index contributed by atoms with van der Waals surface area (Å²) in [5.74, 6) is 0.320. The molecule has 0 aromatic heterocycles. The van der Waals surface area contributed by atoms with Crippen LogP contribution in [0.3, 0.4) is 0 Å². The minimum atomic E-state index is -2.34. The Morgan fingerprint density at radius 2 is 1.58 bits per heavy atom. The zero-order valence-corrected chi connectivity index (χ0v) is 16.1. The third kappa shape index (κ3) is 7.87. The molecule has 0 spiro atoms. The van der Waals surface area contributed by atoms with Crippen molar-refractivity contribution in [3.63, 3.8) is 0 Å². The third-order valence-corrected chi connectivity index (χ3v) is 8.33. The van der Waals surface area contributed by atoms with E-state index in [4.69, 9.17) is 27.9 Å². The van der Waals surface area contributed by atoms with Crippen molar-refractivity contribution in [2.75, 3.05) is 24.0 Å². The van der Waals surface area contributed by atoms with Crippen molar-refractivity contribution >= 4 is 36.0 Å². The van der Waals surface area contributed by atoms with E-state index in [-0.39, 0.29) is 16.9 Å². The normalized spacial score (nSPS) is 11.4. The molecule has 0 unspecified atom stereocenters. The van der Waals surface area contributed by atoms with E-state index in [0.29, 0.717) is 18.5 Å². The molecule has 136 valence electrons. The Kier molecular flexibility index (Phi) is 10.4. The second-order valence-electron chi connectivity index (χ2n) is 5.72. The van der Waals surface area contributed by atoms with Gasteiger partial charge in [-0.1, -0.05) is 37.8 Å². The number of benzene rings is 1. The third-order valence-electron chi connectivity index (χ3n) is 3.72. The first-order chi connectivity index (χ1) is 11.5. The number of para-hydroxylation sites is 2. The van der Waals surface area contributed by atoms with E-state index in [1.54, 1.807) is 18.2 Å². The van der Waals surface area contributed by atoms with Crippen molar-refractivity contribution < 1.29 is 14.2 Å². The second-order valence-corrected chi connectivity index (χ2v) is 10.2. The van der Waals surface area contributed by atoms with E-state index >= 15 is 0 Å². The van der Waals surface area contributed by atoms with Gasteiger partial charge in [-0.25, -0.2) is 0 Å². The maximum absolute atomic E-state index is 12.0. The van der Waals surface area contributed by atoms with Gasteiger partial charge in [-0.15, -0.1) is 23.2 Å². The summed E-state index contributed by atoms with van der Waals surface area (Å²) in [7, 11) is -2.34. The summed E-state index contributed by atoms with van der Waals surface area (Å²) < 4.78 is 17.5. The van der Waals surface area contributed by atoms with Gasteiger partial charge in [0, 0.05) is 12.2 Å². The van der Waals surface area contributed by atoms with E-state index in [1.165, 1.54) is 6.07 Å². The lowest BCUT2D eigenvalue weighted by Gasteiger charge is -2.11. The van der Waals surface area contributed by atoms with Crippen LogP contribution in [0.25, 0.3) is 0 Å². The average molecular weight is 396 g/mol. The van der Waals surface area contributed by atoms with E-state index in [1.807, 2.05) is 0 Å². The maximum Gasteiger partial charge on any atom is 0.310 e. The molecule has 0 heterocycles. The number of hydrogen-bond acceptors (Lipinski definition) is 4. The molecule has 0 saturated carbocycles. The predicted octanol–water partition coefficient (Wildman–Crippen LogP) is 6.07. The molecule has 24 heavy (non-hydrogen) atoms. The number of nitro benzene ring substituents is 1. The number of nitrogens with zero attached hydrogens (tertiary/aromatic N) is 1. The van der Waals surface area contributed by atoms with Crippen molar-refractivity contribution in [1.82, 2.24) is 0 Å². The SMILES string of the molecule is O=[N+]([O-])c1ccccc1OCCCCCCCCP(=O)(CCl)CCl. The highest BCUT2D eigenvalue weighted by molar-refractivity contribution is 7.66. The van der Waals surface area contributed by atoms with Crippen LogP contribution in [0.5, 0.6) is 5.75 Å². The van der Waals surface area contributed by atoms with E-state index in [9.17, 15) is 14.7 Å². The number of alkyl halides is 2. The lowest BCUT2D eigenvalue weighted by molar-refractivity contribution is -0.385. The predicted molar refractivity (Wildman–Crippen MR) is 100 cm³/mol. The molecule has 0 amide bonds. The highest BCUT2D eigenvalue weighted by atomic mass is 35.5. The molecule has 1 rings (SSSR count). The summed E-state index contributed by atoms with van der Waals surface area (Å²) in [6, 6.07) is 6.40. The highest BCUT2D eigenvalue weighted by Crippen LogP contribution is 2.48. The van der Waals surface area contributed by atoms with Gasteiger partial charge in [0.25, 0.3) is 0 Å². The van der Waals surface area contributed by atoms with Crippen molar-refractivity contribution in [2.45, 2.75) is 38.5 Å². The number of ether oxygens (including phenoxy) is 1. The summed E-state index contributed by atoms with van der Waals surface area (Å²) in [5, 5.41) is 10.9. The molecular weight excluding hydrogens is 372 g/mol. The number of nitro groups is 1. The molecule has 0 atom stereocenters. The van der Waals surface area contributed by atoms with E-state index < -0.39 is 12.1 Å². The lowest BCUT2D eigenvalue weighted by Crippen LogP contribution is -2.00. The number of halogens is 2. The van der Waals surface area contributed by atoms with Gasteiger partial charge in [0.05, 0.1) is 22.8 Å². The fourth-order valence-corrected chi connectivity index (χ4v) is 4.86. The monoisotopic (exact) mass is 395 g/mol. The van der Waals surface area contributed by atoms with Gasteiger partial charge in [-0.2, -0.15) is 0 Å². The molecule has 0 bridgehead atoms. The first-order valence-corrected chi connectivity index (χ1v) is 11.4. The minimum Gasteiger partial charge on any atom is -0.487 e. The van der Waals surface area contributed by atoms with Crippen LogP contribution in [0.2, 0.25) is 0 Å². The molecule has 0 radical (unpaired) electrons. The molecule has 0 aliphatic rings. The smallest absolute Gasteiger partial charge is 0.310 e. The molecule has 1 aromatic rings. The maximum atomic E-state index is 12.0. The number of hydrogen-bond donors (Lipinski definition) is 0. The van der Waals surface area contributed by atoms with Crippen LogP contribution in [0.1, 0.15) is 38.5 Å². The van der Waals surface area contributed by atoms with Crippen molar-refractivity contribution in [3.05, 3.63) is 34.4 Å². The molecule has 8 heteroatoms. The fraction of sp³-hybridized carbons (Fsp3) is 0.625. The van der Waals surface area contributed by atoms with Crippen LogP contribution < -0.4 is 4.74 Å². The summed E-state index contributed by atoms with van der Waals surface area (Å²) in [6.45, 7) is 0.471. The first-order valence-electron chi connectivity index (χ1n) is 8.07. The van der Waals surface area contributed by atoms with Gasteiger partial charge < -0.3 is 9.30 Å². The van der Waals surface area contributed by atoms with E-state index in [0.717, 1.165) is 38.5 Å². The largest absolute Gasteiger partial charge is 0.487 e. The minimum absolute atomic E-state index is 0.000475. The van der Waals surface area contributed by atoms with Gasteiger partial charge in [0.15, 0.2) is 5.75 Å². The van der Waals surface area contributed by atoms with Crippen LogP contribution in [-0.4, -0.2) is 28.9 Å². The van der Waals surface area contributed by atoms with Crippen LogP contribution in [-0.2, 0) is 4.57 Å². The molecule has 5 nitrogen and oxygen atoms in total. The second kappa shape index (κ2) is 11.7.